The van der Waals surface area contributed by atoms with Crippen LogP contribution < -0.4 is 0 Å². The second-order valence-electron chi connectivity index (χ2n) is 5.55. The van der Waals surface area contributed by atoms with Gasteiger partial charge in [0.25, 0.3) is 0 Å². The Hall–Kier alpha value is -0.0400. The van der Waals surface area contributed by atoms with Gasteiger partial charge in [-0.05, 0) is 17.3 Å². The predicted octanol–water partition coefficient (Wildman–Crippen LogP) is 2.44. The van der Waals surface area contributed by atoms with Crippen molar-refractivity contribution in [3.05, 3.63) is 0 Å². The van der Waals surface area contributed by atoms with Gasteiger partial charge in [-0.25, -0.2) is 0 Å². The lowest BCUT2D eigenvalue weighted by molar-refractivity contribution is 0.0769. The van der Waals surface area contributed by atoms with E-state index in [0.29, 0.717) is 12.0 Å². The predicted molar refractivity (Wildman–Crippen MR) is 47.4 cm³/mol. The summed E-state index contributed by atoms with van der Waals surface area (Å²) in [6.45, 7) is 11.5. The Morgan fingerprint density at radius 2 is 1.64 bits per heavy atom. The van der Waals surface area contributed by atoms with E-state index in [0.717, 1.165) is 0 Å². The lowest BCUT2D eigenvalue weighted by Gasteiger charge is -2.32. The van der Waals surface area contributed by atoms with Crippen LogP contribution in [0.2, 0.25) is 0 Å². The molecule has 1 N–H and O–H groups in total. The molecule has 0 saturated heterocycles. The molecule has 0 aromatic heterocycles. The quantitative estimate of drug-likeness (QED) is 0.618. The Balaban J connectivity index is 2.84. The lowest BCUT2D eigenvalue weighted by atomic mass is 9.73. The third-order valence-electron chi connectivity index (χ3n) is 3.62. The maximum absolute atomic E-state index is 9.33. The van der Waals surface area contributed by atoms with Gasteiger partial charge in [0.1, 0.15) is 0 Å². The Bertz CT molecular complexity index is 164. The molecular formula is C10H20O. The summed E-state index contributed by atoms with van der Waals surface area (Å²) in [6.07, 6.45) is 1.17. The molecule has 0 spiro atoms. The van der Waals surface area contributed by atoms with Gasteiger partial charge in [-0.15, -0.1) is 0 Å². The maximum Gasteiger partial charge on any atom is 0.0497 e. The number of hydrogen-bond donors (Lipinski definition) is 1. The van der Waals surface area contributed by atoms with E-state index in [4.69, 9.17) is 0 Å². The number of aliphatic hydroxyl groups excluding tert-OH is 1. The van der Waals surface area contributed by atoms with Crippen molar-refractivity contribution < 1.29 is 5.11 Å². The Kier molecular flexibility index (Phi) is 1.65. The molecule has 0 heterocycles. The van der Waals surface area contributed by atoms with Crippen LogP contribution in [0, 0.1) is 16.2 Å². The van der Waals surface area contributed by atoms with Crippen LogP contribution in [-0.4, -0.2) is 11.7 Å². The second-order valence-corrected chi connectivity index (χ2v) is 5.55. The van der Waals surface area contributed by atoms with E-state index >= 15 is 0 Å². The Morgan fingerprint density at radius 3 is 1.64 bits per heavy atom. The topological polar surface area (TPSA) is 20.2 Å². The molecule has 0 aromatic carbocycles. The van der Waals surface area contributed by atoms with Crippen LogP contribution in [0.4, 0.5) is 0 Å². The van der Waals surface area contributed by atoms with E-state index in [1.165, 1.54) is 6.42 Å². The van der Waals surface area contributed by atoms with Gasteiger partial charge in [-0.1, -0.05) is 34.6 Å². The molecule has 0 aromatic rings. The van der Waals surface area contributed by atoms with Gasteiger partial charge < -0.3 is 5.11 Å². The molecule has 1 saturated carbocycles. The van der Waals surface area contributed by atoms with E-state index in [1.54, 1.807) is 0 Å². The van der Waals surface area contributed by atoms with Crippen molar-refractivity contribution in [3.8, 4) is 0 Å². The molecule has 11 heavy (non-hydrogen) atoms. The zero-order valence-electron chi connectivity index (χ0n) is 8.36. The summed E-state index contributed by atoms with van der Waals surface area (Å²) in [4.78, 5) is 0. The van der Waals surface area contributed by atoms with Crippen molar-refractivity contribution >= 4 is 0 Å². The molecule has 1 nitrogen and oxygen atoms in total. The fraction of sp³-hybridized carbons (Fsp3) is 1.00. The molecule has 0 radical (unpaired) electrons. The molecule has 0 aliphatic heterocycles. The summed E-state index contributed by atoms with van der Waals surface area (Å²) >= 11 is 0. The zero-order chi connectivity index (χ0) is 8.91. The highest BCUT2D eigenvalue weighted by atomic mass is 16.3. The van der Waals surface area contributed by atoms with E-state index in [1.807, 2.05) is 0 Å². The Labute approximate surface area is 69.8 Å². The van der Waals surface area contributed by atoms with Gasteiger partial charge in [0.15, 0.2) is 0 Å². The number of aliphatic hydroxyl groups is 1. The van der Waals surface area contributed by atoms with E-state index in [9.17, 15) is 5.11 Å². The minimum atomic E-state index is 0.181. The van der Waals surface area contributed by atoms with E-state index in [2.05, 4.69) is 34.6 Å². The summed E-state index contributed by atoms with van der Waals surface area (Å²) in [5.74, 6) is 0. The van der Waals surface area contributed by atoms with Crippen LogP contribution in [0.5, 0.6) is 0 Å². The van der Waals surface area contributed by atoms with Crippen molar-refractivity contribution in [1.29, 1.82) is 0 Å². The van der Waals surface area contributed by atoms with Gasteiger partial charge in [-0.2, -0.15) is 0 Å². The summed E-state index contributed by atoms with van der Waals surface area (Å²) < 4.78 is 0. The van der Waals surface area contributed by atoms with Gasteiger partial charge in [0, 0.05) is 12.0 Å². The van der Waals surface area contributed by atoms with Crippen LogP contribution in [0.3, 0.4) is 0 Å². The highest BCUT2D eigenvalue weighted by Crippen LogP contribution is 2.71. The first-order valence-electron chi connectivity index (χ1n) is 4.38. The molecule has 1 aliphatic rings. The van der Waals surface area contributed by atoms with Crippen molar-refractivity contribution in [1.82, 2.24) is 0 Å². The fourth-order valence-electron chi connectivity index (χ4n) is 2.50. The normalized spacial score (nSPS) is 35.5. The van der Waals surface area contributed by atoms with Crippen molar-refractivity contribution in [2.24, 2.45) is 16.2 Å². The molecule has 1 heteroatoms. The number of hydrogen-bond acceptors (Lipinski definition) is 1. The monoisotopic (exact) mass is 156 g/mol. The third kappa shape index (κ3) is 1.01. The van der Waals surface area contributed by atoms with E-state index < -0.39 is 0 Å². The average molecular weight is 156 g/mol. The fourth-order valence-corrected chi connectivity index (χ4v) is 2.50. The zero-order valence-corrected chi connectivity index (χ0v) is 8.36. The molecule has 1 atom stereocenters. The summed E-state index contributed by atoms with van der Waals surface area (Å²) in [5, 5.41) is 9.33. The second kappa shape index (κ2) is 2.01. The van der Waals surface area contributed by atoms with Gasteiger partial charge >= 0.3 is 0 Å². The minimum absolute atomic E-state index is 0.181. The smallest absolute Gasteiger partial charge is 0.0497 e. The summed E-state index contributed by atoms with van der Waals surface area (Å²) in [6, 6.07) is 0. The molecule has 0 bridgehead atoms. The number of rotatable bonds is 1. The van der Waals surface area contributed by atoms with E-state index in [-0.39, 0.29) is 10.8 Å². The van der Waals surface area contributed by atoms with Crippen LogP contribution in [-0.2, 0) is 0 Å². The minimum Gasteiger partial charge on any atom is -0.396 e. The highest BCUT2D eigenvalue weighted by Gasteiger charge is 2.66. The largest absolute Gasteiger partial charge is 0.396 e. The Morgan fingerprint density at radius 1 is 1.27 bits per heavy atom. The average Bonchev–Trinajstić information content (AvgIpc) is 2.33. The molecule has 1 aliphatic carbocycles. The molecule has 0 amide bonds. The first-order valence-corrected chi connectivity index (χ1v) is 4.38. The first-order chi connectivity index (χ1) is 4.77. The molecule has 1 rings (SSSR count). The summed E-state index contributed by atoms with van der Waals surface area (Å²) in [7, 11) is 0. The van der Waals surface area contributed by atoms with Crippen LogP contribution in [0.1, 0.15) is 41.0 Å². The van der Waals surface area contributed by atoms with Crippen molar-refractivity contribution in [2.45, 2.75) is 41.0 Å². The van der Waals surface area contributed by atoms with Gasteiger partial charge in [-0.3, -0.25) is 0 Å². The maximum atomic E-state index is 9.33. The van der Waals surface area contributed by atoms with Crippen LogP contribution in [0.15, 0.2) is 0 Å². The van der Waals surface area contributed by atoms with Crippen molar-refractivity contribution in [3.63, 3.8) is 0 Å². The SMILES string of the molecule is CC(C)(C)C1(CO)CC1(C)C. The van der Waals surface area contributed by atoms with Gasteiger partial charge in [0.05, 0.1) is 0 Å². The van der Waals surface area contributed by atoms with Gasteiger partial charge in [0.2, 0.25) is 0 Å². The molecule has 66 valence electrons. The summed E-state index contributed by atoms with van der Waals surface area (Å²) in [5.41, 5.74) is 0.769. The van der Waals surface area contributed by atoms with Crippen LogP contribution in [0.25, 0.3) is 0 Å². The third-order valence-corrected chi connectivity index (χ3v) is 3.62. The van der Waals surface area contributed by atoms with Crippen molar-refractivity contribution in [2.75, 3.05) is 6.61 Å². The van der Waals surface area contributed by atoms with Crippen LogP contribution >= 0.6 is 0 Å². The highest BCUT2D eigenvalue weighted by molar-refractivity contribution is 5.14. The molecule has 1 unspecified atom stereocenters. The molecular weight excluding hydrogens is 136 g/mol. The molecule has 1 fully saturated rings. The lowest BCUT2D eigenvalue weighted by Crippen LogP contribution is -2.30. The first kappa shape index (κ1) is 9.05. The standard InChI is InChI=1S/C10H20O/c1-8(2,3)10(7-11)6-9(10,4)5/h11H,6-7H2,1-5H3.